The van der Waals surface area contributed by atoms with Crippen molar-refractivity contribution in [2.75, 3.05) is 13.6 Å². The van der Waals surface area contributed by atoms with E-state index in [-0.39, 0.29) is 18.1 Å². The Bertz CT molecular complexity index is 958. The van der Waals surface area contributed by atoms with Crippen LogP contribution in [-0.4, -0.2) is 40.6 Å². The molecule has 7 heteroatoms. The summed E-state index contributed by atoms with van der Waals surface area (Å²) in [5, 5.41) is 13.1. The first-order valence-electron chi connectivity index (χ1n) is 9.01. The number of amides is 1. The minimum Gasteiger partial charge on any atom is -0.481 e. The zero-order valence-electron chi connectivity index (χ0n) is 15.8. The van der Waals surface area contributed by atoms with Gasteiger partial charge in [0.2, 0.25) is 0 Å². The summed E-state index contributed by atoms with van der Waals surface area (Å²) in [6, 6.07) is 11.7. The fourth-order valence-electron chi connectivity index (χ4n) is 3.01. The first-order valence-corrected chi connectivity index (χ1v) is 9.01. The molecule has 1 N–H and O–H groups in total. The molecule has 1 aromatic carbocycles. The van der Waals surface area contributed by atoms with E-state index in [0.717, 1.165) is 17.0 Å². The van der Waals surface area contributed by atoms with E-state index < -0.39 is 5.97 Å². The molecule has 2 heterocycles. The summed E-state index contributed by atoms with van der Waals surface area (Å²) >= 11 is 0. The van der Waals surface area contributed by atoms with Crippen molar-refractivity contribution in [3.63, 3.8) is 0 Å². The summed E-state index contributed by atoms with van der Waals surface area (Å²) < 4.78 is 10.6. The fourth-order valence-corrected chi connectivity index (χ4v) is 3.01. The standard InChI is InChI=1S/C21H22N2O5/c1-14-13-27-18(12-19(24)25)20(14)21(26)23(2)10-6-9-16-11-17(22-28-16)15-7-4-3-5-8-15/h3-5,7-8,11,13H,6,9-10,12H2,1-2H3,(H,24,25). The highest BCUT2D eigenvalue weighted by Gasteiger charge is 2.23. The molecule has 3 aromatic rings. The Morgan fingerprint density at radius 3 is 2.68 bits per heavy atom. The molecule has 0 bridgehead atoms. The minimum atomic E-state index is -1.04. The normalized spacial score (nSPS) is 10.8. The molecule has 3 rings (SSSR count). The molecule has 28 heavy (non-hydrogen) atoms. The van der Waals surface area contributed by atoms with Gasteiger partial charge < -0.3 is 18.9 Å². The predicted molar refractivity (Wildman–Crippen MR) is 102 cm³/mol. The largest absolute Gasteiger partial charge is 0.481 e. The number of aliphatic carboxylic acids is 1. The second-order valence-corrected chi connectivity index (χ2v) is 6.66. The lowest BCUT2D eigenvalue weighted by Crippen LogP contribution is -2.29. The van der Waals surface area contributed by atoms with Gasteiger partial charge in [0.25, 0.3) is 5.91 Å². The molecule has 0 saturated heterocycles. The average molecular weight is 382 g/mol. The fraction of sp³-hybridized carbons (Fsp3) is 0.286. The van der Waals surface area contributed by atoms with Crippen molar-refractivity contribution in [1.29, 1.82) is 0 Å². The highest BCUT2D eigenvalue weighted by molar-refractivity contribution is 5.97. The maximum absolute atomic E-state index is 12.7. The van der Waals surface area contributed by atoms with Crippen LogP contribution in [0.15, 0.2) is 51.6 Å². The number of carbonyl (C=O) groups is 2. The Hall–Kier alpha value is -3.35. The van der Waals surface area contributed by atoms with Crippen molar-refractivity contribution >= 4 is 11.9 Å². The number of hydrogen-bond donors (Lipinski definition) is 1. The van der Waals surface area contributed by atoms with E-state index in [0.29, 0.717) is 30.5 Å². The van der Waals surface area contributed by atoms with E-state index in [1.54, 1.807) is 18.9 Å². The summed E-state index contributed by atoms with van der Waals surface area (Å²) in [7, 11) is 1.69. The Kier molecular flexibility index (Phi) is 5.93. The summed E-state index contributed by atoms with van der Waals surface area (Å²) in [6.45, 7) is 2.23. The number of furan rings is 1. The summed E-state index contributed by atoms with van der Waals surface area (Å²) in [4.78, 5) is 25.2. The van der Waals surface area contributed by atoms with Crippen molar-refractivity contribution < 1.29 is 23.6 Å². The van der Waals surface area contributed by atoms with Gasteiger partial charge in [-0.3, -0.25) is 9.59 Å². The second kappa shape index (κ2) is 8.56. The molecular weight excluding hydrogens is 360 g/mol. The van der Waals surface area contributed by atoms with E-state index in [2.05, 4.69) is 5.16 Å². The van der Waals surface area contributed by atoms with Gasteiger partial charge in [-0.1, -0.05) is 35.5 Å². The molecule has 0 saturated carbocycles. The van der Waals surface area contributed by atoms with Crippen LogP contribution in [-0.2, 0) is 17.6 Å². The maximum atomic E-state index is 12.7. The van der Waals surface area contributed by atoms with Gasteiger partial charge in [0, 0.05) is 37.2 Å². The van der Waals surface area contributed by atoms with Crippen molar-refractivity contribution in [3.8, 4) is 11.3 Å². The second-order valence-electron chi connectivity index (χ2n) is 6.66. The van der Waals surface area contributed by atoms with Crippen LogP contribution in [0.3, 0.4) is 0 Å². The SMILES string of the molecule is Cc1coc(CC(=O)O)c1C(=O)N(C)CCCc1cc(-c2ccccc2)no1. The van der Waals surface area contributed by atoms with E-state index in [1.165, 1.54) is 6.26 Å². The third kappa shape index (κ3) is 4.49. The zero-order chi connectivity index (χ0) is 20.1. The number of hydrogen-bond acceptors (Lipinski definition) is 5. The van der Waals surface area contributed by atoms with E-state index >= 15 is 0 Å². The molecule has 2 aromatic heterocycles. The number of aromatic nitrogens is 1. The van der Waals surface area contributed by atoms with Gasteiger partial charge in [-0.15, -0.1) is 0 Å². The smallest absolute Gasteiger partial charge is 0.311 e. The molecule has 0 fully saturated rings. The van der Waals surface area contributed by atoms with Crippen LogP contribution in [0, 0.1) is 6.92 Å². The van der Waals surface area contributed by atoms with Gasteiger partial charge in [-0.25, -0.2) is 0 Å². The molecular formula is C21H22N2O5. The first-order chi connectivity index (χ1) is 13.5. The third-order valence-electron chi connectivity index (χ3n) is 4.47. The van der Waals surface area contributed by atoms with Crippen molar-refractivity contribution in [3.05, 3.63) is 65.3 Å². The Labute approximate surface area is 162 Å². The maximum Gasteiger partial charge on any atom is 0.311 e. The van der Waals surface area contributed by atoms with Crippen LogP contribution in [0.25, 0.3) is 11.3 Å². The highest BCUT2D eigenvalue weighted by Crippen LogP contribution is 2.21. The molecule has 0 spiro atoms. The molecule has 146 valence electrons. The number of aryl methyl sites for hydroxylation is 2. The van der Waals surface area contributed by atoms with Gasteiger partial charge in [-0.2, -0.15) is 0 Å². The van der Waals surface area contributed by atoms with Gasteiger partial charge >= 0.3 is 5.97 Å². The Morgan fingerprint density at radius 1 is 1.21 bits per heavy atom. The molecule has 0 radical (unpaired) electrons. The number of carbonyl (C=O) groups excluding carboxylic acids is 1. The molecule has 0 aliphatic rings. The van der Waals surface area contributed by atoms with E-state index in [4.69, 9.17) is 14.0 Å². The number of carboxylic acids is 1. The van der Waals surface area contributed by atoms with Crippen LogP contribution >= 0.6 is 0 Å². The Morgan fingerprint density at radius 2 is 1.96 bits per heavy atom. The summed E-state index contributed by atoms with van der Waals surface area (Å²) in [6.07, 6.45) is 2.43. The molecule has 7 nitrogen and oxygen atoms in total. The average Bonchev–Trinajstić information content (AvgIpc) is 3.28. The summed E-state index contributed by atoms with van der Waals surface area (Å²) in [5.74, 6) is -0.342. The highest BCUT2D eigenvalue weighted by atomic mass is 16.5. The lowest BCUT2D eigenvalue weighted by molar-refractivity contribution is -0.136. The van der Waals surface area contributed by atoms with Crippen LogP contribution in [0.4, 0.5) is 0 Å². The lowest BCUT2D eigenvalue weighted by atomic mass is 10.1. The number of rotatable bonds is 8. The van der Waals surface area contributed by atoms with Gasteiger partial charge in [0.1, 0.15) is 23.6 Å². The van der Waals surface area contributed by atoms with E-state index in [1.807, 2.05) is 36.4 Å². The number of nitrogens with zero attached hydrogens (tertiary/aromatic N) is 2. The number of benzene rings is 1. The Balaban J connectivity index is 1.57. The molecule has 1 amide bonds. The third-order valence-corrected chi connectivity index (χ3v) is 4.47. The molecule has 0 atom stereocenters. The van der Waals surface area contributed by atoms with Crippen LogP contribution in [0.2, 0.25) is 0 Å². The number of carboxylic acid groups (broad SMARTS) is 1. The van der Waals surface area contributed by atoms with Gasteiger partial charge in [-0.05, 0) is 13.3 Å². The van der Waals surface area contributed by atoms with Crippen molar-refractivity contribution in [2.24, 2.45) is 0 Å². The predicted octanol–water partition coefficient (Wildman–Crippen LogP) is 3.57. The van der Waals surface area contributed by atoms with Crippen LogP contribution in [0.1, 0.15) is 33.9 Å². The van der Waals surface area contributed by atoms with Gasteiger partial charge in [0.05, 0.1) is 11.8 Å². The van der Waals surface area contributed by atoms with Crippen LogP contribution in [0.5, 0.6) is 0 Å². The monoisotopic (exact) mass is 382 g/mol. The zero-order valence-corrected chi connectivity index (χ0v) is 15.8. The summed E-state index contributed by atoms with van der Waals surface area (Å²) in [5.41, 5.74) is 2.74. The first kappa shape index (κ1) is 19.4. The quantitative estimate of drug-likeness (QED) is 0.640. The van der Waals surface area contributed by atoms with Crippen molar-refractivity contribution in [1.82, 2.24) is 10.1 Å². The molecule has 0 aliphatic carbocycles. The van der Waals surface area contributed by atoms with Gasteiger partial charge in [0.15, 0.2) is 0 Å². The van der Waals surface area contributed by atoms with E-state index in [9.17, 15) is 9.59 Å². The molecule has 0 unspecified atom stereocenters. The lowest BCUT2D eigenvalue weighted by Gasteiger charge is -2.17. The van der Waals surface area contributed by atoms with Crippen molar-refractivity contribution in [2.45, 2.75) is 26.2 Å². The minimum absolute atomic E-state index is 0.185. The molecule has 0 aliphatic heterocycles. The van der Waals surface area contributed by atoms with Crippen LogP contribution < -0.4 is 0 Å². The topological polar surface area (TPSA) is 96.8 Å².